The second-order valence-corrected chi connectivity index (χ2v) is 3.39. The molecule has 0 aliphatic rings. The summed E-state index contributed by atoms with van der Waals surface area (Å²) in [5, 5.41) is 19.4. The molecule has 86 valence electrons. The first-order chi connectivity index (χ1) is 8.29. The third-order valence-corrected chi connectivity index (χ3v) is 2.23. The van der Waals surface area contributed by atoms with Crippen LogP contribution >= 0.6 is 0 Å². The highest BCUT2D eigenvalue weighted by atomic mass is 19.1. The van der Waals surface area contributed by atoms with Crippen molar-refractivity contribution in [1.82, 2.24) is 15.0 Å². The zero-order chi connectivity index (χ0) is 12.1. The Hall–Kier alpha value is -2.42. The van der Waals surface area contributed by atoms with Crippen molar-refractivity contribution < 1.29 is 4.39 Å². The number of nitriles is 1. The zero-order valence-corrected chi connectivity index (χ0v) is 8.97. The van der Waals surface area contributed by atoms with E-state index in [4.69, 9.17) is 5.26 Å². The smallest absolute Gasteiger partial charge is 0.124 e. The zero-order valence-electron chi connectivity index (χ0n) is 8.97. The number of aromatic nitrogens is 3. The largest absolute Gasteiger partial charge is 0.382 e. The van der Waals surface area contributed by atoms with Crippen molar-refractivity contribution in [3.8, 4) is 6.07 Å². The van der Waals surface area contributed by atoms with E-state index in [-0.39, 0.29) is 0 Å². The van der Waals surface area contributed by atoms with Crippen LogP contribution in [-0.2, 0) is 6.54 Å². The van der Waals surface area contributed by atoms with Gasteiger partial charge < -0.3 is 5.32 Å². The van der Waals surface area contributed by atoms with E-state index in [1.807, 2.05) is 6.07 Å². The lowest BCUT2D eigenvalue weighted by Gasteiger charge is -2.07. The van der Waals surface area contributed by atoms with E-state index in [1.165, 1.54) is 12.1 Å². The number of nitrogens with zero attached hydrogens (tertiary/aromatic N) is 4. The minimum Gasteiger partial charge on any atom is -0.382 e. The third kappa shape index (κ3) is 2.78. The van der Waals surface area contributed by atoms with Crippen molar-refractivity contribution >= 4 is 5.69 Å². The van der Waals surface area contributed by atoms with Gasteiger partial charge in [0.05, 0.1) is 24.0 Å². The van der Waals surface area contributed by atoms with Gasteiger partial charge in [0.2, 0.25) is 0 Å². The summed E-state index contributed by atoms with van der Waals surface area (Å²) in [4.78, 5) is 0. The van der Waals surface area contributed by atoms with Crippen LogP contribution in [0.5, 0.6) is 0 Å². The molecule has 0 spiro atoms. The highest BCUT2D eigenvalue weighted by molar-refractivity contribution is 5.57. The Labute approximate surface area is 97.5 Å². The second kappa shape index (κ2) is 5.07. The topological polar surface area (TPSA) is 66.5 Å². The molecule has 1 heterocycles. The van der Waals surface area contributed by atoms with Crippen molar-refractivity contribution in [3.63, 3.8) is 0 Å². The number of rotatable bonds is 4. The van der Waals surface area contributed by atoms with Crippen LogP contribution in [0.25, 0.3) is 0 Å². The van der Waals surface area contributed by atoms with E-state index in [1.54, 1.807) is 23.1 Å². The van der Waals surface area contributed by atoms with Gasteiger partial charge in [-0.2, -0.15) is 5.26 Å². The van der Waals surface area contributed by atoms with Crippen LogP contribution in [-0.4, -0.2) is 21.5 Å². The van der Waals surface area contributed by atoms with E-state index in [0.29, 0.717) is 24.3 Å². The molecule has 0 amide bonds. The van der Waals surface area contributed by atoms with Crippen molar-refractivity contribution in [3.05, 3.63) is 42.0 Å². The molecule has 0 fully saturated rings. The molecule has 0 saturated heterocycles. The second-order valence-electron chi connectivity index (χ2n) is 3.39. The number of halogens is 1. The van der Waals surface area contributed by atoms with Gasteiger partial charge in [-0.25, -0.2) is 4.39 Å². The Balaban J connectivity index is 1.97. The summed E-state index contributed by atoms with van der Waals surface area (Å²) in [6.45, 7) is 1.21. The van der Waals surface area contributed by atoms with Crippen molar-refractivity contribution in [2.24, 2.45) is 0 Å². The first-order valence-corrected chi connectivity index (χ1v) is 5.07. The molecular formula is C11H10FN5. The standard InChI is InChI=1S/C11H10FN5/c12-10-1-2-11(9(7-10)8-13)14-3-5-17-6-4-15-16-17/h1-2,4,6-7,14H,3,5H2. The van der Waals surface area contributed by atoms with Crippen molar-refractivity contribution in [2.75, 3.05) is 11.9 Å². The summed E-state index contributed by atoms with van der Waals surface area (Å²) >= 11 is 0. The van der Waals surface area contributed by atoms with E-state index in [0.717, 1.165) is 0 Å². The minimum atomic E-state index is -0.414. The lowest BCUT2D eigenvalue weighted by molar-refractivity contribution is 0.608. The maximum atomic E-state index is 12.9. The Bertz CT molecular complexity index is 529. The molecule has 1 N–H and O–H groups in total. The van der Waals surface area contributed by atoms with Gasteiger partial charge in [-0.3, -0.25) is 4.68 Å². The molecule has 0 radical (unpaired) electrons. The molecule has 0 unspecified atom stereocenters. The summed E-state index contributed by atoms with van der Waals surface area (Å²) in [5.41, 5.74) is 0.914. The van der Waals surface area contributed by atoms with Crippen LogP contribution in [0.4, 0.5) is 10.1 Å². The lowest BCUT2D eigenvalue weighted by Crippen LogP contribution is -2.11. The van der Waals surface area contributed by atoms with Gasteiger partial charge in [0.1, 0.15) is 11.9 Å². The summed E-state index contributed by atoms with van der Waals surface area (Å²) in [7, 11) is 0. The maximum Gasteiger partial charge on any atom is 0.124 e. The van der Waals surface area contributed by atoms with E-state index in [9.17, 15) is 4.39 Å². The molecule has 17 heavy (non-hydrogen) atoms. The van der Waals surface area contributed by atoms with Crippen LogP contribution in [0.2, 0.25) is 0 Å². The molecule has 2 rings (SSSR count). The molecule has 2 aromatic rings. The number of nitrogens with one attached hydrogen (secondary N) is 1. The van der Waals surface area contributed by atoms with Crippen molar-refractivity contribution in [2.45, 2.75) is 6.54 Å². The highest BCUT2D eigenvalue weighted by Gasteiger charge is 2.02. The van der Waals surface area contributed by atoms with Gasteiger partial charge in [0.15, 0.2) is 0 Å². The number of anilines is 1. The summed E-state index contributed by atoms with van der Waals surface area (Å²) in [5.74, 6) is -0.414. The van der Waals surface area contributed by atoms with Gasteiger partial charge in [0, 0.05) is 12.7 Å². The molecule has 1 aromatic heterocycles. The fourth-order valence-corrected chi connectivity index (χ4v) is 1.42. The van der Waals surface area contributed by atoms with Gasteiger partial charge >= 0.3 is 0 Å². The Kier molecular flexibility index (Phi) is 3.31. The minimum absolute atomic E-state index is 0.295. The van der Waals surface area contributed by atoms with Crippen LogP contribution < -0.4 is 5.32 Å². The van der Waals surface area contributed by atoms with Gasteiger partial charge in [-0.1, -0.05) is 5.21 Å². The van der Waals surface area contributed by atoms with Crippen LogP contribution in [0.15, 0.2) is 30.6 Å². The monoisotopic (exact) mass is 231 g/mol. The Morgan fingerprint density at radius 2 is 2.35 bits per heavy atom. The van der Waals surface area contributed by atoms with E-state index < -0.39 is 5.82 Å². The Morgan fingerprint density at radius 3 is 3.06 bits per heavy atom. The molecule has 0 atom stereocenters. The fourth-order valence-electron chi connectivity index (χ4n) is 1.42. The predicted octanol–water partition coefficient (Wildman–Crippen LogP) is 1.40. The molecule has 0 aliphatic heterocycles. The molecule has 0 aliphatic carbocycles. The molecular weight excluding hydrogens is 221 g/mol. The first-order valence-electron chi connectivity index (χ1n) is 5.07. The number of benzene rings is 1. The van der Waals surface area contributed by atoms with Gasteiger partial charge in [-0.05, 0) is 18.2 Å². The lowest BCUT2D eigenvalue weighted by atomic mass is 10.2. The molecule has 0 bridgehead atoms. The van der Waals surface area contributed by atoms with Gasteiger partial charge in [-0.15, -0.1) is 5.10 Å². The summed E-state index contributed by atoms with van der Waals surface area (Å²) in [6, 6.07) is 6.02. The Morgan fingerprint density at radius 1 is 1.47 bits per heavy atom. The van der Waals surface area contributed by atoms with Gasteiger partial charge in [0.25, 0.3) is 0 Å². The number of hydrogen-bond donors (Lipinski definition) is 1. The van der Waals surface area contributed by atoms with Crippen LogP contribution in [0.3, 0.4) is 0 Å². The van der Waals surface area contributed by atoms with E-state index >= 15 is 0 Å². The SMILES string of the molecule is N#Cc1cc(F)ccc1NCCn1ccnn1. The van der Waals surface area contributed by atoms with E-state index in [2.05, 4.69) is 15.6 Å². The highest BCUT2D eigenvalue weighted by Crippen LogP contribution is 2.15. The first kappa shape index (κ1) is 11.1. The third-order valence-electron chi connectivity index (χ3n) is 2.23. The average molecular weight is 231 g/mol. The van der Waals surface area contributed by atoms with Crippen LogP contribution in [0.1, 0.15) is 5.56 Å². The molecule has 0 saturated carbocycles. The fraction of sp³-hybridized carbons (Fsp3) is 0.182. The quantitative estimate of drug-likeness (QED) is 0.863. The maximum absolute atomic E-state index is 12.9. The summed E-state index contributed by atoms with van der Waals surface area (Å²) in [6.07, 6.45) is 3.34. The van der Waals surface area contributed by atoms with Crippen molar-refractivity contribution in [1.29, 1.82) is 5.26 Å². The molecule has 1 aromatic carbocycles. The molecule has 6 heteroatoms. The van der Waals surface area contributed by atoms with Crippen LogP contribution in [0, 0.1) is 17.1 Å². The summed E-state index contributed by atoms with van der Waals surface area (Å²) < 4.78 is 14.5. The normalized spacial score (nSPS) is 9.88. The number of hydrogen-bond acceptors (Lipinski definition) is 4. The molecule has 5 nitrogen and oxygen atoms in total. The predicted molar refractivity (Wildman–Crippen MR) is 59.6 cm³/mol. The average Bonchev–Trinajstić information content (AvgIpc) is 2.84.